The molecule has 0 saturated carbocycles. The first-order chi connectivity index (χ1) is 7.38. The number of aromatic nitrogens is 1. The van der Waals surface area contributed by atoms with Crippen LogP contribution < -0.4 is 5.73 Å². The van der Waals surface area contributed by atoms with Crippen molar-refractivity contribution < 1.29 is 4.52 Å². The molecule has 0 unspecified atom stereocenters. The zero-order chi connectivity index (χ0) is 10.5. The van der Waals surface area contributed by atoms with Crippen LogP contribution in [0, 0.1) is 0 Å². The lowest BCUT2D eigenvalue weighted by atomic mass is 10.3. The Balaban J connectivity index is 1.89. The molecule has 1 aromatic heterocycles. The predicted octanol–water partition coefficient (Wildman–Crippen LogP) is 1.07. The Labute approximate surface area is 94.2 Å². The van der Waals surface area contributed by atoms with E-state index >= 15 is 0 Å². The zero-order valence-electron chi connectivity index (χ0n) is 8.82. The van der Waals surface area contributed by atoms with E-state index in [1.54, 1.807) is 0 Å². The summed E-state index contributed by atoms with van der Waals surface area (Å²) < 4.78 is 5.22. The van der Waals surface area contributed by atoms with Gasteiger partial charge in [-0.05, 0) is 18.7 Å². The quantitative estimate of drug-likeness (QED) is 0.837. The summed E-state index contributed by atoms with van der Waals surface area (Å²) in [5.74, 6) is 3.43. The SMILES string of the molecule is NCc1cc(CN2CCCSCC2)on1. The molecule has 1 aliphatic heterocycles. The predicted molar refractivity (Wildman–Crippen MR) is 61.6 cm³/mol. The van der Waals surface area contributed by atoms with E-state index in [-0.39, 0.29) is 0 Å². The van der Waals surface area contributed by atoms with Crippen molar-refractivity contribution in [2.75, 3.05) is 24.6 Å². The van der Waals surface area contributed by atoms with Crippen LogP contribution in [0.15, 0.2) is 10.6 Å². The van der Waals surface area contributed by atoms with E-state index in [0.29, 0.717) is 6.54 Å². The number of thioether (sulfide) groups is 1. The Bertz CT molecular complexity index is 295. The van der Waals surface area contributed by atoms with Crippen LogP contribution in [-0.2, 0) is 13.1 Å². The van der Waals surface area contributed by atoms with Crippen LogP contribution >= 0.6 is 11.8 Å². The van der Waals surface area contributed by atoms with Gasteiger partial charge in [0.05, 0.1) is 12.2 Å². The van der Waals surface area contributed by atoms with Crippen molar-refractivity contribution in [1.82, 2.24) is 10.1 Å². The third-order valence-corrected chi connectivity index (χ3v) is 3.56. The van der Waals surface area contributed by atoms with Gasteiger partial charge in [0, 0.05) is 24.9 Å². The van der Waals surface area contributed by atoms with Crippen LogP contribution in [0.25, 0.3) is 0 Å². The molecule has 0 atom stereocenters. The molecule has 1 saturated heterocycles. The van der Waals surface area contributed by atoms with E-state index < -0.39 is 0 Å². The maximum Gasteiger partial charge on any atom is 0.151 e. The Kier molecular flexibility index (Phi) is 4.05. The van der Waals surface area contributed by atoms with Gasteiger partial charge in [-0.3, -0.25) is 4.90 Å². The summed E-state index contributed by atoms with van der Waals surface area (Å²) >= 11 is 2.03. The van der Waals surface area contributed by atoms with Crippen molar-refractivity contribution in [3.63, 3.8) is 0 Å². The van der Waals surface area contributed by atoms with E-state index in [2.05, 4.69) is 10.1 Å². The van der Waals surface area contributed by atoms with Crippen LogP contribution in [-0.4, -0.2) is 34.7 Å². The molecule has 0 radical (unpaired) electrons. The molecular weight excluding hydrogens is 210 g/mol. The largest absolute Gasteiger partial charge is 0.360 e. The van der Waals surface area contributed by atoms with Gasteiger partial charge in [0.15, 0.2) is 5.76 Å². The summed E-state index contributed by atoms with van der Waals surface area (Å²) in [5.41, 5.74) is 6.32. The van der Waals surface area contributed by atoms with Gasteiger partial charge < -0.3 is 10.3 Å². The first kappa shape index (κ1) is 11.0. The van der Waals surface area contributed by atoms with E-state index in [1.807, 2.05) is 17.8 Å². The highest BCUT2D eigenvalue weighted by atomic mass is 32.2. The molecule has 0 amide bonds. The topological polar surface area (TPSA) is 55.3 Å². The smallest absolute Gasteiger partial charge is 0.151 e. The molecule has 2 N–H and O–H groups in total. The fourth-order valence-electron chi connectivity index (χ4n) is 1.70. The van der Waals surface area contributed by atoms with Gasteiger partial charge in [0.2, 0.25) is 0 Å². The number of nitrogens with two attached hydrogens (primary N) is 1. The van der Waals surface area contributed by atoms with Gasteiger partial charge in [0.1, 0.15) is 0 Å². The van der Waals surface area contributed by atoms with Crippen molar-refractivity contribution in [1.29, 1.82) is 0 Å². The van der Waals surface area contributed by atoms with Crippen LogP contribution in [0.2, 0.25) is 0 Å². The highest BCUT2D eigenvalue weighted by Crippen LogP contribution is 2.13. The summed E-state index contributed by atoms with van der Waals surface area (Å²) in [7, 11) is 0. The molecule has 0 aromatic carbocycles. The molecule has 1 aromatic rings. The zero-order valence-corrected chi connectivity index (χ0v) is 9.63. The summed E-state index contributed by atoms with van der Waals surface area (Å²) in [6, 6.07) is 1.96. The first-order valence-electron chi connectivity index (χ1n) is 5.33. The Hall–Kier alpha value is -0.520. The lowest BCUT2D eigenvalue weighted by molar-refractivity contribution is 0.245. The molecule has 4 nitrogen and oxygen atoms in total. The summed E-state index contributed by atoms with van der Waals surface area (Å²) in [4.78, 5) is 2.42. The molecule has 0 spiro atoms. The summed E-state index contributed by atoms with van der Waals surface area (Å²) in [6.07, 6.45) is 1.27. The molecule has 0 aliphatic carbocycles. The third-order valence-electron chi connectivity index (χ3n) is 2.51. The van der Waals surface area contributed by atoms with Gasteiger partial charge in [-0.2, -0.15) is 11.8 Å². The van der Waals surface area contributed by atoms with Crippen LogP contribution in [0.5, 0.6) is 0 Å². The Morgan fingerprint density at radius 1 is 1.47 bits per heavy atom. The number of hydrogen-bond donors (Lipinski definition) is 1. The van der Waals surface area contributed by atoms with E-state index in [4.69, 9.17) is 10.3 Å². The minimum Gasteiger partial charge on any atom is -0.360 e. The second-order valence-electron chi connectivity index (χ2n) is 3.73. The second-order valence-corrected chi connectivity index (χ2v) is 4.96. The average Bonchev–Trinajstić information content (AvgIpc) is 2.54. The maximum absolute atomic E-state index is 5.48. The molecule has 1 fully saturated rings. The van der Waals surface area contributed by atoms with Crippen LogP contribution in [0.4, 0.5) is 0 Å². The molecule has 15 heavy (non-hydrogen) atoms. The van der Waals surface area contributed by atoms with Crippen molar-refractivity contribution >= 4 is 11.8 Å². The lowest BCUT2D eigenvalue weighted by Gasteiger charge is -2.16. The molecule has 2 rings (SSSR count). The molecule has 1 aliphatic rings. The van der Waals surface area contributed by atoms with E-state index in [0.717, 1.165) is 31.1 Å². The molecule has 84 valence electrons. The van der Waals surface area contributed by atoms with Gasteiger partial charge >= 0.3 is 0 Å². The summed E-state index contributed by atoms with van der Waals surface area (Å²) in [6.45, 7) is 3.63. The molecule has 5 heteroatoms. The van der Waals surface area contributed by atoms with Gasteiger partial charge in [0.25, 0.3) is 0 Å². The van der Waals surface area contributed by atoms with Crippen LogP contribution in [0.1, 0.15) is 17.9 Å². The van der Waals surface area contributed by atoms with Crippen molar-refractivity contribution in [2.24, 2.45) is 5.73 Å². The average molecular weight is 227 g/mol. The van der Waals surface area contributed by atoms with E-state index in [1.165, 1.54) is 17.9 Å². The van der Waals surface area contributed by atoms with Crippen LogP contribution in [0.3, 0.4) is 0 Å². The Morgan fingerprint density at radius 2 is 2.40 bits per heavy atom. The Morgan fingerprint density at radius 3 is 3.20 bits per heavy atom. The van der Waals surface area contributed by atoms with E-state index in [9.17, 15) is 0 Å². The monoisotopic (exact) mass is 227 g/mol. The lowest BCUT2D eigenvalue weighted by Crippen LogP contribution is -2.25. The highest BCUT2D eigenvalue weighted by Gasteiger charge is 2.12. The van der Waals surface area contributed by atoms with Crippen molar-refractivity contribution in [3.8, 4) is 0 Å². The van der Waals surface area contributed by atoms with Crippen molar-refractivity contribution in [2.45, 2.75) is 19.5 Å². The maximum atomic E-state index is 5.48. The highest BCUT2D eigenvalue weighted by molar-refractivity contribution is 7.99. The standard InChI is InChI=1S/C10H17N3OS/c11-7-9-6-10(14-12-9)8-13-2-1-4-15-5-3-13/h6H,1-5,7-8,11H2. The molecule has 0 bridgehead atoms. The molecule has 2 heterocycles. The third kappa shape index (κ3) is 3.22. The minimum atomic E-state index is 0.458. The molecular formula is C10H17N3OS. The van der Waals surface area contributed by atoms with Gasteiger partial charge in [-0.25, -0.2) is 0 Å². The normalized spacial score (nSPS) is 19.0. The summed E-state index contributed by atoms with van der Waals surface area (Å²) in [5, 5.41) is 3.89. The first-order valence-corrected chi connectivity index (χ1v) is 6.48. The second kappa shape index (κ2) is 5.53. The fourth-order valence-corrected chi connectivity index (χ4v) is 2.63. The number of hydrogen-bond acceptors (Lipinski definition) is 5. The van der Waals surface area contributed by atoms with Gasteiger partial charge in [-0.1, -0.05) is 5.16 Å². The minimum absolute atomic E-state index is 0.458. The van der Waals surface area contributed by atoms with Crippen molar-refractivity contribution in [3.05, 3.63) is 17.5 Å². The fraction of sp³-hybridized carbons (Fsp3) is 0.700. The van der Waals surface area contributed by atoms with Gasteiger partial charge in [-0.15, -0.1) is 0 Å². The number of nitrogens with zero attached hydrogens (tertiary/aromatic N) is 2. The number of rotatable bonds is 3.